The van der Waals surface area contributed by atoms with Gasteiger partial charge in [-0.3, -0.25) is 10.4 Å². The molecular formula is C13H28N4. The molecule has 0 amide bonds. The van der Waals surface area contributed by atoms with Gasteiger partial charge in [-0.2, -0.15) is 0 Å². The summed E-state index contributed by atoms with van der Waals surface area (Å²) in [5.74, 6) is 7.24. The number of nitrogens with zero attached hydrogens (tertiary/aromatic N) is 2. The maximum Gasteiger partial charge on any atom is 0.208 e. The van der Waals surface area contributed by atoms with E-state index in [0.717, 1.165) is 24.8 Å². The molecule has 1 aliphatic carbocycles. The zero-order valence-corrected chi connectivity index (χ0v) is 11.6. The van der Waals surface area contributed by atoms with Crippen molar-refractivity contribution in [1.82, 2.24) is 10.3 Å². The Morgan fingerprint density at radius 2 is 2.24 bits per heavy atom. The summed E-state index contributed by atoms with van der Waals surface area (Å²) in [6.07, 6.45) is 7.50. The van der Waals surface area contributed by atoms with Gasteiger partial charge in [-0.1, -0.05) is 33.1 Å². The Labute approximate surface area is 106 Å². The molecule has 2 unspecified atom stereocenters. The van der Waals surface area contributed by atoms with Gasteiger partial charge in [-0.25, -0.2) is 5.84 Å². The lowest BCUT2D eigenvalue weighted by Crippen LogP contribution is -2.48. The third-order valence-electron chi connectivity index (χ3n) is 3.69. The molecule has 0 aromatic rings. The summed E-state index contributed by atoms with van der Waals surface area (Å²) in [5.41, 5.74) is 2.75. The Bertz CT molecular complexity index is 240. The molecule has 0 bridgehead atoms. The average molecular weight is 240 g/mol. The highest BCUT2D eigenvalue weighted by molar-refractivity contribution is 5.79. The second kappa shape index (κ2) is 7.54. The number of aliphatic imine (C=N–C) groups is 1. The van der Waals surface area contributed by atoms with Gasteiger partial charge in [-0.05, 0) is 25.2 Å². The molecule has 1 rings (SSSR count). The molecule has 0 aromatic heterocycles. The zero-order chi connectivity index (χ0) is 12.7. The first-order valence-corrected chi connectivity index (χ1v) is 6.92. The topological polar surface area (TPSA) is 53.6 Å². The van der Waals surface area contributed by atoms with Gasteiger partial charge in [0.1, 0.15) is 0 Å². The molecule has 0 aliphatic heterocycles. The number of hydrogen-bond acceptors (Lipinski definition) is 2. The first-order chi connectivity index (χ1) is 8.19. The molecule has 2 atom stereocenters. The van der Waals surface area contributed by atoms with Crippen molar-refractivity contribution in [2.24, 2.45) is 16.8 Å². The molecule has 1 aliphatic rings. The van der Waals surface area contributed by atoms with Crippen LogP contribution in [0.5, 0.6) is 0 Å². The second-order valence-electron chi connectivity index (χ2n) is 5.24. The SMILES string of the molecule is CCCCN=C(NN)N(C)C1CCCC(C)C1. The van der Waals surface area contributed by atoms with E-state index in [9.17, 15) is 0 Å². The minimum atomic E-state index is 0.593. The maximum absolute atomic E-state index is 5.57. The predicted octanol–water partition coefficient (Wildman–Crippen LogP) is 2.12. The molecule has 4 nitrogen and oxygen atoms in total. The van der Waals surface area contributed by atoms with E-state index >= 15 is 0 Å². The molecule has 3 N–H and O–H groups in total. The molecule has 1 fully saturated rings. The highest BCUT2D eigenvalue weighted by Crippen LogP contribution is 2.26. The van der Waals surface area contributed by atoms with E-state index in [1.807, 2.05) is 0 Å². The summed E-state index contributed by atoms with van der Waals surface area (Å²) in [7, 11) is 2.10. The third-order valence-corrected chi connectivity index (χ3v) is 3.69. The van der Waals surface area contributed by atoms with E-state index in [1.54, 1.807) is 0 Å². The normalized spacial score (nSPS) is 25.8. The van der Waals surface area contributed by atoms with Gasteiger partial charge in [0.25, 0.3) is 0 Å². The Balaban J connectivity index is 2.52. The highest BCUT2D eigenvalue weighted by atomic mass is 15.4. The van der Waals surface area contributed by atoms with Crippen molar-refractivity contribution in [3.8, 4) is 0 Å². The van der Waals surface area contributed by atoms with Crippen molar-refractivity contribution in [2.45, 2.75) is 58.4 Å². The first-order valence-electron chi connectivity index (χ1n) is 6.92. The van der Waals surface area contributed by atoms with Gasteiger partial charge >= 0.3 is 0 Å². The van der Waals surface area contributed by atoms with Gasteiger partial charge in [-0.15, -0.1) is 0 Å². The minimum Gasteiger partial charge on any atom is -0.342 e. The smallest absolute Gasteiger partial charge is 0.208 e. The van der Waals surface area contributed by atoms with Crippen molar-refractivity contribution in [3.05, 3.63) is 0 Å². The van der Waals surface area contributed by atoms with Gasteiger partial charge in [0.15, 0.2) is 0 Å². The molecule has 100 valence electrons. The molecule has 0 aromatic carbocycles. The third kappa shape index (κ3) is 4.54. The lowest BCUT2D eigenvalue weighted by molar-refractivity contribution is 0.227. The summed E-state index contributed by atoms with van der Waals surface area (Å²) in [4.78, 5) is 6.77. The highest BCUT2D eigenvalue weighted by Gasteiger charge is 2.23. The fourth-order valence-corrected chi connectivity index (χ4v) is 2.53. The fourth-order valence-electron chi connectivity index (χ4n) is 2.53. The number of nitrogens with one attached hydrogen (secondary N) is 1. The molecule has 4 heteroatoms. The quantitative estimate of drug-likeness (QED) is 0.260. The molecule has 0 saturated heterocycles. The van der Waals surface area contributed by atoms with Crippen LogP contribution in [0.4, 0.5) is 0 Å². The molecule has 0 radical (unpaired) electrons. The van der Waals surface area contributed by atoms with Crippen LogP contribution >= 0.6 is 0 Å². The van der Waals surface area contributed by atoms with Crippen LogP contribution in [0.3, 0.4) is 0 Å². The van der Waals surface area contributed by atoms with Gasteiger partial charge in [0.05, 0.1) is 0 Å². The number of nitrogens with two attached hydrogens (primary N) is 1. The lowest BCUT2D eigenvalue weighted by Gasteiger charge is -2.35. The van der Waals surface area contributed by atoms with Crippen LogP contribution in [0.2, 0.25) is 0 Å². The van der Waals surface area contributed by atoms with E-state index in [4.69, 9.17) is 5.84 Å². The Morgan fingerprint density at radius 3 is 2.82 bits per heavy atom. The number of hydrogen-bond donors (Lipinski definition) is 2. The van der Waals surface area contributed by atoms with Crippen LogP contribution in [-0.4, -0.2) is 30.5 Å². The summed E-state index contributed by atoms with van der Waals surface area (Å²) in [5, 5.41) is 0. The van der Waals surface area contributed by atoms with Crippen LogP contribution in [0, 0.1) is 5.92 Å². The van der Waals surface area contributed by atoms with Crippen molar-refractivity contribution >= 4 is 5.96 Å². The summed E-state index contributed by atoms with van der Waals surface area (Å²) in [6.45, 7) is 5.38. The van der Waals surface area contributed by atoms with Crippen LogP contribution in [0.15, 0.2) is 4.99 Å². The van der Waals surface area contributed by atoms with E-state index < -0.39 is 0 Å². The predicted molar refractivity (Wildman–Crippen MR) is 73.7 cm³/mol. The number of hydrazine groups is 1. The minimum absolute atomic E-state index is 0.593. The van der Waals surface area contributed by atoms with Crippen molar-refractivity contribution in [2.75, 3.05) is 13.6 Å². The number of rotatable bonds is 4. The molecule has 0 heterocycles. The molecule has 0 spiro atoms. The molecular weight excluding hydrogens is 212 g/mol. The second-order valence-corrected chi connectivity index (χ2v) is 5.24. The summed E-state index contributed by atoms with van der Waals surface area (Å²) in [6, 6.07) is 0.593. The van der Waals surface area contributed by atoms with Crippen molar-refractivity contribution in [1.29, 1.82) is 0 Å². The largest absolute Gasteiger partial charge is 0.342 e. The van der Waals surface area contributed by atoms with E-state index in [0.29, 0.717) is 6.04 Å². The van der Waals surface area contributed by atoms with Crippen LogP contribution in [0.1, 0.15) is 52.4 Å². The van der Waals surface area contributed by atoms with Gasteiger partial charge in [0.2, 0.25) is 5.96 Å². The van der Waals surface area contributed by atoms with E-state index in [-0.39, 0.29) is 0 Å². The molecule has 1 saturated carbocycles. The monoisotopic (exact) mass is 240 g/mol. The van der Waals surface area contributed by atoms with Crippen molar-refractivity contribution < 1.29 is 0 Å². The van der Waals surface area contributed by atoms with Gasteiger partial charge in [0, 0.05) is 19.6 Å². The number of guanidine groups is 1. The molecule has 17 heavy (non-hydrogen) atoms. The van der Waals surface area contributed by atoms with Crippen LogP contribution in [0.25, 0.3) is 0 Å². The number of unbranched alkanes of at least 4 members (excludes halogenated alkanes) is 1. The Morgan fingerprint density at radius 1 is 1.47 bits per heavy atom. The summed E-state index contributed by atoms with van der Waals surface area (Å²) < 4.78 is 0. The standard InChI is InChI=1S/C13H28N4/c1-4-5-9-15-13(16-14)17(3)12-8-6-7-11(2)10-12/h11-12H,4-10,14H2,1-3H3,(H,15,16). The Kier molecular flexibility index (Phi) is 6.34. The fraction of sp³-hybridized carbons (Fsp3) is 0.923. The van der Waals surface area contributed by atoms with Crippen LogP contribution in [-0.2, 0) is 0 Å². The van der Waals surface area contributed by atoms with Gasteiger partial charge < -0.3 is 4.90 Å². The summed E-state index contributed by atoms with van der Waals surface area (Å²) >= 11 is 0. The zero-order valence-electron chi connectivity index (χ0n) is 11.6. The van der Waals surface area contributed by atoms with E-state index in [1.165, 1.54) is 32.1 Å². The van der Waals surface area contributed by atoms with E-state index in [2.05, 4.69) is 36.2 Å². The first kappa shape index (κ1) is 14.3. The van der Waals surface area contributed by atoms with Crippen molar-refractivity contribution in [3.63, 3.8) is 0 Å². The van der Waals surface area contributed by atoms with Crippen LogP contribution < -0.4 is 11.3 Å². The maximum atomic E-state index is 5.57. The Hall–Kier alpha value is -0.770. The average Bonchev–Trinajstić information content (AvgIpc) is 2.34. The lowest BCUT2D eigenvalue weighted by atomic mass is 9.86.